The molecule has 2 nitrogen and oxygen atoms in total. The summed E-state index contributed by atoms with van der Waals surface area (Å²) in [6.45, 7) is 4.30. The molecule has 1 saturated carbocycles. The lowest BCUT2D eigenvalue weighted by Gasteiger charge is -2.29. The summed E-state index contributed by atoms with van der Waals surface area (Å²) in [5.74, 6) is 1.11. The highest BCUT2D eigenvalue weighted by atomic mass is 19.1. The number of carbonyl (C=O) groups is 1. The normalized spacial score (nSPS) is 17.4. The van der Waals surface area contributed by atoms with E-state index >= 15 is 0 Å². The number of aryl methyl sites for hydroxylation is 1. The van der Waals surface area contributed by atoms with Crippen LogP contribution >= 0.6 is 0 Å². The molecule has 4 rings (SSSR count). The molecule has 0 aromatic heterocycles. The molecule has 1 aliphatic carbocycles. The second-order valence-corrected chi connectivity index (χ2v) is 11.1. The average Bonchev–Trinajstić information content (AvgIpc) is 2.96. The molecule has 0 spiro atoms. The van der Waals surface area contributed by atoms with E-state index in [-0.39, 0.29) is 11.6 Å². The van der Waals surface area contributed by atoms with Crippen LogP contribution in [0.5, 0.6) is 5.75 Å². The van der Waals surface area contributed by atoms with Gasteiger partial charge < -0.3 is 4.74 Å². The van der Waals surface area contributed by atoms with Crippen molar-refractivity contribution in [3.8, 4) is 5.75 Å². The third-order valence-electron chi connectivity index (χ3n) is 8.08. The fourth-order valence-corrected chi connectivity index (χ4v) is 5.65. The zero-order valence-electron chi connectivity index (χ0n) is 23.6. The molecule has 1 fully saturated rings. The van der Waals surface area contributed by atoms with Gasteiger partial charge in [-0.25, -0.2) is 9.18 Å². The Bertz CT molecular complexity index is 1200. The number of hydrogen-bond donors (Lipinski definition) is 0. The minimum Gasteiger partial charge on any atom is -0.423 e. The number of hydrogen-bond acceptors (Lipinski definition) is 2. The van der Waals surface area contributed by atoms with Crippen molar-refractivity contribution in [1.29, 1.82) is 0 Å². The highest BCUT2D eigenvalue weighted by Crippen LogP contribution is 2.37. The minimum atomic E-state index is -0.479. The second kappa shape index (κ2) is 14.8. The molecule has 0 radical (unpaired) electrons. The topological polar surface area (TPSA) is 26.3 Å². The molecule has 0 amide bonds. The Balaban J connectivity index is 1.21. The molecule has 0 bridgehead atoms. The summed E-state index contributed by atoms with van der Waals surface area (Å²) in [5.41, 5.74) is 5.07. The molecule has 0 N–H and O–H groups in total. The number of benzene rings is 3. The molecule has 0 atom stereocenters. The standard InChI is InChI=1S/C36H43FO2/c1-3-5-9-27-12-18-30(19-13-27)31-20-14-28(15-21-31)10-6-7-11-29-16-22-33(23-17-29)36(38)39-34-25-24-32(8-4-2)35(37)26-34/h6-7,14-17,20-27,30H,3-5,8-13,18-19H2,1-2H3/b7-6+. The zero-order chi connectivity index (χ0) is 27.5. The van der Waals surface area contributed by atoms with Crippen molar-refractivity contribution in [1.82, 2.24) is 0 Å². The van der Waals surface area contributed by atoms with E-state index in [0.29, 0.717) is 17.5 Å². The van der Waals surface area contributed by atoms with Crippen molar-refractivity contribution in [2.75, 3.05) is 0 Å². The highest BCUT2D eigenvalue weighted by Gasteiger charge is 2.21. The third kappa shape index (κ3) is 8.65. The summed E-state index contributed by atoms with van der Waals surface area (Å²) in [5, 5.41) is 0. The van der Waals surface area contributed by atoms with Crippen LogP contribution in [0, 0.1) is 11.7 Å². The summed E-state index contributed by atoms with van der Waals surface area (Å²) < 4.78 is 19.5. The number of esters is 1. The molecule has 0 aliphatic heterocycles. The number of halogens is 1. The van der Waals surface area contributed by atoms with Crippen LogP contribution in [0.3, 0.4) is 0 Å². The number of ether oxygens (including phenoxy) is 1. The molecule has 3 heteroatoms. The Morgan fingerprint density at radius 2 is 1.49 bits per heavy atom. The number of carbonyl (C=O) groups excluding carboxylic acids is 1. The SMILES string of the molecule is CCCCC1CCC(c2ccc(C/C=C/Cc3ccc(C(=O)Oc4ccc(CCC)c(F)c4)cc3)cc2)CC1. The maximum Gasteiger partial charge on any atom is 0.343 e. The summed E-state index contributed by atoms with van der Waals surface area (Å²) in [4.78, 5) is 12.5. The van der Waals surface area contributed by atoms with Crippen molar-refractivity contribution < 1.29 is 13.9 Å². The van der Waals surface area contributed by atoms with E-state index in [2.05, 4.69) is 43.3 Å². The first-order valence-electron chi connectivity index (χ1n) is 14.9. The van der Waals surface area contributed by atoms with E-state index in [9.17, 15) is 9.18 Å². The van der Waals surface area contributed by atoms with E-state index in [1.54, 1.807) is 24.3 Å². The third-order valence-corrected chi connectivity index (χ3v) is 8.08. The number of allylic oxidation sites excluding steroid dienone is 2. The molecule has 3 aromatic carbocycles. The summed E-state index contributed by atoms with van der Waals surface area (Å²) in [6, 6.07) is 21.3. The zero-order valence-corrected chi connectivity index (χ0v) is 23.6. The van der Waals surface area contributed by atoms with E-state index in [0.717, 1.165) is 36.7 Å². The summed E-state index contributed by atoms with van der Waals surface area (Å²) in [7, 11) is 0. The first-order valence-corrected chi connectivity index (χ1v) is 14.9. The van der Waals surface area contributed by atoms with Gasteiger partial charge in [0.2, 0.25) is 0 Å². The van der Waals surface area contributed by atoms with Crippen molar-refractivity contribution in [2.45, 2.75) is 90.4 Å². The van der Waals surface area contributed by atoms with Gasteiger partial charge in [-0.15, -0.1) is 0 Å². The molecule has 0 saturated heterocycles. The molecule has 1 aliphatic rings. The monoisotopic (exact) mass is 526 g/mol. The second-order valence-electron chi connectivity index (χ2n) is 11.1. The van der Waals surface area contributed by atoms with Crippen molar-refractivity contribution in [3.63, 3.8) is 0 Å². The Labute approximate surface area is 234 Å². The van der Waals surface area contributed by atoms with E-state index in [1.165, 1.54) is 62.1 Å². The Morgan fingerprint density at radius 3 is 2.08 bits per heavy atom. The predicted octanol–water partition coefficient (Wildman–Crippen LogP) is 9.80. The quantitative estimate of drug-likeness (QED) is 0.133. The smallest absolute Gasteiger partial charge is 0.343 e. The molecular weight excluding hydrogens is 483 g/mol. The lowest BCUT2D eigenvalue weighted by Crippen LogP contribution is -2.13. The lowest BCUT2D eigenvalue weighted by molar-refractivity contribution is 0.0734. The Kier molecular flexibility index (Phi) is 10.9. The van der Waals surface area contributed by atoms with Crippen LogP contribution in [-0.2, 0) is 19.3 Å². The van der Waals surface area contributed by atoms with Crippen LogP contribution in [0.15, 0.2) is 78.9 Å². The molecule has 0 heterocycles. The first kappa shape index (κ1) is 28.8. The van der Waals surface area contributed by atoms with E-state index < -0.39 is 5.97 Å². The highest BCUT2D eigenvalue weighted by molar-refractivity contribution is 5.91. The molecule has 3 aromatic rings. The van der Waals surface area contributed by atoms with Gasteiger partial charge in [-0.1, -0.05) is 94.1 Å². The summed E-state index contributed by atoms with van der Waals surface area (Å²) >= 11 is 0. The Hall–Kier alpha value is -3.20. The van der Waals surface area contributed by atoms with Crippen LogP contribution < -0.4 is 4.74 Å². The maximum atomic E-state index is 14.1. The van der Waals surface area contributed by atoms with Crippen LogP contribution in [0.2, 0.25) is 0 Å². The van der Waals surface area contributed by atoms with Gasteiger partial charge in [-0.05, 0) is 97.2 Å². The average molecular weight is 527 g/mol. The number of rotatable bonds is 12. The van der Waals surface area contributed by atoms with Gasteiger partial charge in [0.05, 0.1) is 5.56 Å². The van der Waals surface area contributed by atoms with Gasteiger partial charge in [0.15, 0.2) is 0 Å². The van der Waals surface area contributed by atoms with Gasteiger partial charge in [-0.3, -0.25) is 0 Å². The van der Waals surface area contributed by atoms with Crippen molar-refractivity contribution in [2.24, 2.45) is 5.92 Å². The fraction of sp³-hybridized carbons (Fsp3) is 0.417. The molecular formula is C36H43FO2. The minimum absolute atomic E-state index is 0.229. The molecule has 0 unspecified atom stereocenters. The van der Waals surface area contributed by atoms with Gasteiger partial charge in [0, 0.05) is 6.07 Å². The van der Waals surface area contributed by atoms with Gasteiger partial charge in [0.1, 0.15) is 11.6 Å². The van der Waals surface area contributed by atoms with Gasteiger partial charge in [-0.2, -0.15) is 0 Å². The molecule has 206 valence electrons. The van der Waals surface area contributed by atoms with Crippen LogP contribution in [0.4, 0.5) is 4.39 Å². The largest absolute Gasteiger partial charge is 0.423 e. The number of unbranched alkanes of at least 4 members (excludes halogenated alkanes) is 1. The maximum absolute atomic E-state index is 14.1. The van der Waals surface area contributed by atoms with Crippen LogP contribution in [0.1, 0.15) is 104 Å². The van der Waals surface area contributed by atoms with Gasteiger partial charge in [0.25, 0.3) is 0 Å². The van der Waals surface area contributed by atoms with Crippen LogP contribution in [0.25, 0.3) is 0 Å². The predicted molar refractivity (Wildman–Crippen MR) is 159 cm³/mol. The first-order chi connectivity index (χ1) is 19.1. The van der Waals surface area contributed by atoms with E-state index in [4.69, 9.17) is 4.74 Å². The van der Waals surface area contributed by atoms with Crippen LogP contribution in [-0.4, -0.2) is 5.97 Å². The van der Waals surface area contributed by atoms with Crippen molar-refractivity contribution in [3.05, 3.63) is 113 Å². The summed E-state index contributed by atoms with van der Waals surface area (Å²) in [6.07, 6.45) is 17.2. The molecule has 39 heavy (non-hydrogen) atoms. The van der Waals surface area contributed by atoms with E-state index in [1.807, 2.05) is 19.1 Å². The Morgan fingerprint density at radius 1 is 0.846 bits per heavy atom. The van der Waals surface area contributed by atoms with Gasteiger partial charge >= 0.3 is 5.97 Å². The lowest BCUT2D eigenvalue weighted by atomic mass is 9.77. The fourth-order valence-electron chi connectivity index (χ4n) is 5.65. The van der Waals surface area contributed by atoms with Crippen molar-refractivity contribution >= 4 is 5.97 Å².